The van der Waals surface area contributed by atoms with Gasteiger partial charge in [0.2, 0.25) is 0 Å². The van der Waals surface area contributed by atoms with E-state index in [1.807, 2.05) is 0 Å². The van der Waals surface area contributed by atoms with E-state index in [4.69, 9.17) is 0 Å². The van der Waals surface area contributed by atoms with Crippen LogP contribution in [0.3, 0.4) is 0 Å². The smallest absolute Gasteiger partial charge is 0.264 e. The van der Waals surface area contributed by atoms with Crippen LogP contribution in [0.5, 0.6) is 0 Å². The molecule has 1 radical (unpaired) electrons. The second-order valence-corrected chi connectivity index (χ2v) is 3.44. The summed E-state index contributed by atoms with van der Waals surface area (Å²) in [5.41, 5.74) is 1.68. The van der Waals surface area contributed by atoms with E-state index in [1.54, 1.807) is 30.5 Å². The fourth-order valence-corrected chi connectivity index (χ4v) is 1.58. The number of nitrogens with zero attached hydrogens (tertiary/aromatic N) is 4. The van der Waals surface area contributed by atoms with Gasteiger partial charge in [-0.1, -0.05) is 12.1 Å². The number of benzene rings is 1. The lowest BCUT2D eigenvalue weighted by Crippen LogP contribution is -2.11. The summed E-state index contributed by atoms with van der Waals surface area (Å²) in [5.74, 6) is -0.166. The van der Waals surface area contributed by atoms with E-state index in [-0.39, 0.29) is 5.91 Å². The van der Waals surface area contributed by atoms with Crippen molar-refractivity contribution in [2.75, 3.05) is 0 Å². The predicted octanol–water partition coefficient (Wildman–Crippen LogP) is 1.31. The van der Waals surface area contributed by atoms with Gasteiger partial charge in [0.15, 0.2) is 5.65 Å². The quantitative estimate of drug-likeness (QED) is 0.624. The van der Waals surface area contributed by atoms with Gasteiger partial charge in [-0.3, -0.25) is 4.79 Å². The van der Waals surface area contributed by atoms with Gasteiger partial charge in [-0.2, -0.15) is 0 Å². The molecule has 0 spiro atoms. The van der Waals surface area contributed by atoms with Crippen molar-refractivity contribution in [2.24, 2.45) is 0 Å². The average molecular weight is 223 g/mol. The third kappa shape index (κ3) is 1.57. The summed E-state index contributed by atoms with van der Waals surface area (Å²) in [7, 11) is 0. The molecule has 1 aromatic carbocycles. The minimum atomic E-state index is -0.166. The summed E-state index contributed by atoms with van der Waals surface area (Å²) >= 11 is 0. The van der Waals surface area contributed by atoms with Crippen LogP contribution in [0.4, 0.5) is 0 Å². The first kappa shape index (κ1) is 9.65. The normalized spacial score (nSPS) is 10.6. The molecule has 0 fully saturated rings. The van der Waals surface area contributed by atoms with Crippen molar-refractivity contribution in [1.29, 1.82) is 0 Å². The molecule has 0 aliphatic heterocycles. The Labute approximate surface area is 96.8 Å². The van der Waals surface area contributed by atoms with Gasteiger partial charge in [0.05, 0.1) is 6.20 Å². The topological polar surface area (TPSA) is 60.7 Å². The number of hydrogen-bond acceptors (Lipinski definition) is 4. The van der Waals surface area contributed by atoms with E-state index >= 15 is 0 Å². The van der Waals surface area contributed by atoms with Crippen molar-refractivity contribution in [2.45, 2.75) is 0 Å². The Morgan fingerprint density at radius 3 is 2.88 bits per heavy atom. The molecule has 0 bridgehead atoms. The van der Waals surface area contributed by atoms with Gasteiger partial charge in [0.25, 0.3) is 5.91 Å². The van der Waals surface area contributed by atoms with Crippen LogP contribution >= 0.6 is 0 Å². The zero-order valence-corrected chi connectivity index (χ0v) is 8.74. The first-order valence-corrected chi connectivity index (χ1v) is 5.00. The summed E-state index contributed by atoms with van der Waals surface area (Å²) in [6.45, 7) is 0. The van der Waals surface area contributed by atoms with E-state index in [9.17, 15) is 4.79 Å². The number of carbonyl (C=O) groups is 1. The largest absolute Gasteiger partial charge is 0.268 e. The maximum Gasteiger partial charge on any atom is 0.264 e. The number of imidazole rings is 1. The molecule has 0 atom stereocenters. The molecular formula is C12H7N4O. The standard InChI is InChI=1S/C12H7N4O/c17-12(9-4-2-1-3-5-9)16-8-15-10-6-13-7-14-11(10)16/h2-8H. The van der Waals surface area contributed by atoms with E-state index in [0.29, 0.717) is 16.7 Å². The van der Waals surface area contributed by atoms with Crippen molar-refractivity contribution in [3.63, 3.8) is 0 Å². The highest BCUT2D eigenvalue weighted by molar-refractivity contribution is 5.99. The Balaban J connectivity index is 2.14. The molecule has 0 saturated carbocycles. The predicted molar refractivity (Wildman–Crippen MR) is 60.3 cm³/mol. The van der Waals surface area contributed by atoms with E-state index in [1.165, 1.54) is 17.2 Å². The lowest BCUT2D eigenvalue weighted by atomic mass is 10.2. The first-order chi connectivity index (χ1) is 8.36. The van der Waals surface area contributed by atoms with Crippen molar-refractivity contribution < 1.29 is 4.79 Å². The Hall–Kier alpha value is -2.56. The SMILES string of the molecule is O=C(c1cc[c]cc1)n1cnc2cncnc21. The van der Waals surface area contributed by atoms with Gasteiger partial charge in [0, 0.05) is 5.56 Å². The van der Waals surface area contributed by atoms with Gasteiger partial charge >= 0.3 is 0 Å². The van der Waals surface area contributed by atoms with Crippen molar-refractivity contribution >= 4 is 17.1 Å². The molecule has 0 aliphatic rings. The van der Waals surface area contributed by atoms with Crippen LogP contribution in [0.1, 0.15) is 10.4 Å². The second-order valence-electron chi connectivity index (χ2n) is 3.44. The molecule has 2 aromatic heterocycles. The highest BCUT2D eigenvalue weighted by atomic mass is 16.2. The molecular weight excluding hydrogens is 216 g/mol. The van der Waals surface area contributed by atoms with Crippen LogP contribution in [0, 0.1) is 6.07 Å². The van der Waals surface area contributed by atoms with Crippen molar-refractivity contribution in [3.05, 3.63) is 54.7 Å². The molecule has 0 saturated heterocycles. The minimum Gasteiger partial charge on any atom is -0.268 e. The van der Waals surface area contributed by atoms with Gasteiger partial charge < -0.3 is 0 Å². The maximum absolute atomic E-state index is 12.2. The van der Waals surface area contributed by atoms with Crippen molar-refractivity contribution in [3.8, 4) is 0 Å². The fraction of sp³-hybridized carbons (Fsp3) is 0. The molecule has 0 unspecified atom stereocenters. The lowest BCUT2D eigenvalue weighted by molar-refractivity contribution is 0.0964. The maximum atomic E-state index is 12.2. The molecule has 17 heavy (non-hydrogen) atoms. The number of rotatable bonds is 1. The monoisotopic (exact) mass is 223 g/mol. The molecule has 5 heteroatoms. The highest BCUT2D eigenvalue weighted by Gasteiger charge is 2.12. The van der Waals surface area contributed by atoms with Crippen LogP contribution in [0.2, 0.25) is 0 Å². The molecule has 3 rings (SSSR count). The summed E-state index contributed by atoms with van der Waals surface area (Å²) in [5, 5.41) is 0. The molecule has 81 valence electrons. The molecule has 2 heterocycles. The minimum absolute atomic E-state index is 0.166. The number of aromatic nitrogens is 4. The molecule has 3 aromatic rings. The Morgan fingerprint density at radius 2 is 2.06 bits per heavy atom. The Bertz CT molecular complexity index is 675. The van der Waals surface area contributed by atoms with Crippen molar-refractivity contribution in [1.82, 2.24) is 19.5 Å². The molecule has 5 nitrogen and oxygen atoms in total. The van der Waals surface area contributed by atoms with Gasteiger partial charge in [-0.05, 0) is 18.2 Å². The Kier molecular flexibility index (Phi) is 2.15. The van der Waals surface area contributed by atoms with E-state index in [0.717, 1.165) is 0 Å². The van der Waals surface area contributed by atoms with Crippen LogP contribution < -0.4 is 0 Å². The van der Waals surface area contributed by atoms with E-state index < -0.39 is 0 Å². The summed E-state index contributed by atoms with van der Waals surface area (Å²) < 4.78 is 1.41. The van der Waals surface area contributed by atoms with E-state index in [2.05, 4.69) is 21.0 Å². The lowest BCUT2D eigenvalue weighted by Gasteiger charge is -2.01. The first-order valence-electron chi connectivity index (χ1n) is 5.00. The molecule has 0 amide bonds. The number of hydrogen-bond donors (Lipinski definition) is 0. The summed E-state index contributed by atoms with van der Waals surface area (Å²) in [6, 6.07) is 9.67. The summed E-state index contributed by atoms with van der Waals surface area (Å²) in [6.07, 6.45) is 4.43. The zero-order valence-electron chi connectivity index (χ0n) is 8.74. The second kappa shape index (κ2) is 3.79. The van der Waals surface area contributed by atoms with Crippen LogP contribution in [-0.4, -0.2) is 25.4 Å². The third-order valence-corrected chi connectivity index (χ3v) is 2.40. The Morgan fingerprint density at radius 1 is 1.24 bits per heavy atom. The highest BCUT2D eigenvalue weighted by Crippen LogP contribution is 2.10. The number of carbonyl (C=O) groups excluding carboxylic acids is 1. The fourth-order valence-electron chi connectivity index (χ4n) is 1.58. The third-order valence-electron chi connectivity index (χ3n) is 2.40. The van der Waals surface area contributed by atoms with Gasteiger partial charge in [-0.25, -0.2) is 19.5 Å². The molecule has 0 N–H and O–H groups in total. The van der Waals surface area contributed by atoms with Gasteiger partial charge in [0.1, 0.15) is 18.2 Å². The van der Waals surface area contributed by atoms with Gasteiger partial charge in [-0.15, -0.1) is 0 Å². The summed E-state index contributed by atoms with van der Waals surface area (Å²) in [4.78, 5) is 24.1. The van der Waals surface area contributed by atoms with Crippen LogP contribution in [-0.2, 0) is 0 Å². The molecule has 0 aliphatic carbocycles. The zero-order chi connectivity index (χ0) is 11.7. The average Bonchev–Trinajstić information content (AvgIpc) is 2.83. The van der Waals surface area contributed by atoms with Crippen LogP contribution in [0.15, 0.2) is 43.1 Å². The van der Waals surface area contributed by atoms with Crippen LogP contribution in [0.25, 0.3) is 11.2 Å². The number of fused-ring (bicyclic) bond motifs is 1.